The fraction of sp³-hybridized carbons (Fsp3) is 0.632. The number of fused-ring (bicyclic) bond motifs is 1. The molecule has 4 aliphatic rings. The number of amides is 4. The number of sulfonamides is 1. The molecule has 0 radical (unpaired) electrons. The third-order valence-corrected chi connectivity index (χ3v) is 12.6. The van der Waals surface area contributed by atoms with Crippen molar-refractivity contribution in [1.29, 1.82) is 0 Å². The third kappa shape index (κ3) is 8.27. The first-order chi connectivity index (χ1) is 25.4. The highest BCUT2D eigenvalue weighted by atomic mass is 32.2. The molecule has 0 bridgehead atoms. The van der Waals surface area contributed by atoms with Gasteiger partial charge in [-0.2, -0.15) is 0 Å². The Kier molecular flexibility index (Phi) is 10.9. The van der Waals surface area contributed by atoms with Crippen LogP contribution in [0.4, 0.5) is 4.79 Å². The maximum atomic E-state index is 14.6. The van der Waals surface area contributed by atoms with Gasteiger partial charge in [-0.3, -0.25) is 19.1 Å². The Hall–Kier alpha value is -4.47. The molecule has 2 aromatic rings. The molecule has 3 saturated carbocycles. The van der Waals surface area contributed by atoms with Crippen molar-refractivity contribution in [2.75, 3.05) is 13.7 Å². The Labute approximate surface area is 316 Å². The molecule has 1 aromatic carbocycles. The Morgan fingerprint density at radius 2 is 1.74 bits per heavy atom. The van der Waals surface area contributed by atoms with E-state index in [0.717, 1.165) is 25.7 Å². The number of methoxy groups -OCH3 is 1. The van der Waals surface area contributed by atoms with Crippen LogP contribution < -0.4 is 24.8 Å². The molecule has 1 aliphatic heterocycles. The number of hydrogen-bond acceptors (Lipinski definition) is 11. The first kappa shape index (κ1) is 39.2. The molecule has 0 unspecified atom stereocenters. The van der Waals surface area contributed by atoms with Crippen LogP contribution in [0.1, 0.15) is 97.6 Å². The molecule has 3 aliphatic carbocycles. The topological polar surface area (TPSA) is 195 Å². The SMILES string of the molecule is C=C[C@@H]1C[C@]1(NC(=O)[C@@H]1C[C@@H](Oc2nc3cc(OC)ccc3nc2C(C)C)CN1C(=O)[C@@H](NC(=O)OC1CCCC1)C(C)(C)C)C(=O)NS(=O)(=O)C1CC1. The average Bonchev–Trinajstić information content (AvgIpc) is 3.99. The maximum Gasteiger partial charge on any atom is 0.408 e. The molecule has 5 atom stereocenters. The van der Waals surface area contributed by atoms with E-state index in [-0.39, 0.29) is 37.3 Å². The third-order valence-electron chi connectivity index (χ3n) is 10.7. The minimum atomic E-state index is -3.91. The number of hydrogen-bond donors (Lipinski definition) is 3. The van der Waals surface area contributed by atoms with Crippen LogP contribution in [-0.2, 0) is 29.1 Å². The normalized spacial score (nSPS) is 24.9. The largest absolute Gasteiger partial charge is 0.497 e. The molecule has 1 saturated heterocycles. The van der Waals surface area contributed by atoms with Crippen molar-refractivity contribution in [2.45, 2.75) is 127 Å². The van der Waals surface area contributed by atoms with Crippen LogP contribution in [-0.4, -0.2) is 95.8 Å². The lowest BCUT2D eigenvalue weighted by Gasteiger charge is -2.35. The molecule has 4 amide bonds. The van der Waals surface area contributed by atoms with Gasteiger partial charge in [-0.15, -0.1) is 6.58 Å². The van der Waals surface area contributed by atoms with Gasteiger partial charge in [0.25, 0.3) is 5.91 Å². The van der Waals surface area contributed by atoms with Crippen LogP contribution in [0.2, 0.25) is 0 Å². The van der Waals surface area contributed by atoms with E-state index in [4.69, 9.17) is 24.2 Å². The minimum absolute atomic E-state index is 0.00709. The zero-order chi connectivity index (χ0) is 39.2. The predicted molar refractivity (Wildman–Crippen MR) is 199 cm³/mol. The Balaban J connectivity index is 1.30. The number of nitrogens with zero attached hydrogens (tertiary/aromatic N) is 3. The molecule has 4 fully saturated rings. The standard InChI is InChI=1S/C38H52N6O9S/c1-8-22-19-38(22,35(47)43-54(49,50)26-14-15-26)42-32(45)29-18-25(52-33-30(21(2)3)39-27-16-13-24(51-7)17-28(27)40-33)20-44(29)34(46)31(37(4,5)6)41-36(48)53-23-11-9-10-12-23/h8,13,16-17,21-23,25-26,29,31H,1,9-12,14-15,18-20H2,2-7H3,(H,41,48)(H,42,45)(H,43,47)/t22-,25-,29+,31-,38-/m1/s1. The highest BCUT2D eigenvalue weighted by molar-refractivity contribution is 7.91. The number of carbonyl (C=O) groups excluding carboxylic acids is 4. The number of carbonyl (C=O) groups is 4. The van der Waals surface area contributed by atoms with E-state index in [0.29, 0.717) is 35.3 Å². The summed E-state index contributed by atoms with van der Waals surface area (Å²) < 4.78 is 45.2. The molecule has 15 nitrogen and oxygen atoms in total. The van der Waals surface area contributed by atoms with Crippen LogP contribution in [0.3, 0.4) is 0 Å². The average molecular weight is 769 g/mol. The molecule has 16 heteroatoms. The summed E-state index contributed by atoms with van der Waals surface area (Å²) in [6.07, 6.45) is 4.28. The quantitative estimate of drug-likeness (QED) is 0.251. The van der Waals surface area contributed by atoms with Crippen LogP contribution in [0.15, 0.2) is 30.9 Å². The van der Waals surface area contributed by atoms with E-state index in [9.17, 15) is 27.6 Å². The molecular weight excluding hydrogens is 717 g/mol. The number of likely N-dealkylation sites (tertiary alicyclic amines) is 1. The Morgan fingerprint density at radius 1 is 1.04 bits per heavy atom. The first-order valence-electron chi connectivity index (χ1n) is 18.8. The molecule has 2 heterocycles. The minimum Gasteiger partial charge on any atom is -0.497 e. The highest BCUT2D eigenvalue weighted by Gasteiger charge is 2.62. The second kappa shape index (κ2) is 15.0. The van der Waals surface area contributed by atoms with E-state index in [1.54, 1.807) is 46.1 Å². The maximum absolute atomic E-state index is 14.6. The van der Waals surface area contributed by atoms with Crippen molar-refractivity contribution in [3.63, 3.8) is 0 Å². The summed E-state index contributed by atoms with van der Waals surface area (Å²) in [7, 11) is -2.35. The fourth-order valence-corrected chi connectivity index (χ4v) is 8.66. The number of alkyl carbamates (subject to hydrolysis) is 1. The summed E-state index contributed by atoms with van der Waals surface area (Å²) in [6.45, 7) is 13.0. The van der Waals surface area contributed by atoms with E-state index in [1.807, 2.05) is 13.8 Å². The van der Waals surface area contributed by atoms with Gasteiger partial charge >= 0.3 is 6.09 Å². The summed E-state index contributed by atoms with van der Waals surface area (Å²) in [6, 6.07) is 3.08. The van der Waals surface area contributed by atoms with Gasteiger partial charge in [-0.05, 0) is 62.5 Å². The lowest BCUT2D eigenvalue weighted by Crippen LogP contribution is -2.60. The van der Waals surface area contributed by atoms with Crippen molar-refractivity contribution in [2.24, 2.45) is 11.3 Å². The summed E-state index contributed by atoms with van der Waals surface area (Å²) in [4.78, 5) is 66.6. The van der Waals surface area contributed by atoms with Crippen molar-refractivity contribution in [1.82, 2.24) is 30.2 Å². The number of rotatable bonds is 13. The Morgan fingerprint density at radius 3 is 2.33 bits per heavy atom. The van der Waals surface area contributed by atoms with Gasteiger partial charge in [0, 0.05) is 24.3 Å². The van der Waals surface area contributed by atoms with Gasteiger partial charge in [-0.1, -0.05) is 40.7 Å². The van der Waals surface area contributed by atoms with Crippen molar-refractivity contribution in [3.8, 4) is 11.6 Å². The smallest absolute Gasteiger partial charge is 0.408 e. The van der Waals surface area contributed by atoms with Gasteiger partial charge in [0.05, 0.1) is 29.9 Å². The first-order valence-corrected chi connectivity index (χ1v) is 20.3. The lowest BCUT2D eigenvalue weighted by molar-refractivity contribution is -0.143. The number of nitrogens with one attached hydrogen (secondary N) is 3. The van der Waals surface area contributed by atoms with E-state index in [2.05, 4.69) is 21.9 Å². The number of benzene rings is 1. The highest BCUT2D eigenvalue weighted by Crippen LogP contribution is 2.45. The molecule has 3 N–H and O–H groups in total. The molecule has 0 spiro atoms. The Bertz CT molecular complexity index is 1920. The summed E-state index contributed by atoms with van der Waals surface area (Å²) in [5, 5.41) is 4.93. The summed E-state index contributed by atoms with van der Waals surface area (Å²) in [5.74, 6) is -1.84. The van der Waals surface area contributed by atoms with E-state index >= 15 is 0 Å². The van der Waals surface area contributed by atoms with Crippen LogP contribution in [0.25, 0.3) is 11.0 Å². The van der Waals surface area contributed by atoms with Gasteiger partial charge in [0.15, 0.2) is 0 Å². The molecule has 1 aromatic heterocycles. The van der Waals surface area contributed by atoms with E-state index < -0.39 is 74.1 Å². The zero-order valence-corrected chi connectivity index (χ0v) is 32.7. The zero-order valence-electron chi connectivity index (χ0n) is 31.8. The van der Waals surface area contributed by atoms with Crippen molar-refractivity contribution < 1.29 is 41.8 Å². The molecular formula is C38H52N6O9S. The van der Waals surface area contributed by atoms with Gasteiger partial charge in [-0.25, -0.2) is 23.2 Å². The van der Waals surface area contributed by atoms with Crippen LogP contribution >= 0.6 is 0 Å². The predicted octanol–water partition coefficient (Wildman–Crippen LogP) is 3.86. The van der Waals surface area contributed by atoms with Crippen LogP contribution in [0, 0.1) is 11.3 Å². The van der Waals surface area contributed by atoms with Gasteiger partial charge in [0.1, 0.15) is 41.3 Å². The summed E-state index contributed by atoms with van der Waals surface area (Å²) in [5.41, 5.74) is -0.604. The monoisotopic (exact) mass is 768 g/mol. The van der Waals surface area contributed by atoms with Crippen molar-refractivity contribution >= 4 is 44.9 Å². The fourth-order valence-electron chi connectivity index (χ4n) is 7.30. The molecule has 294 valence electrons. The summed E-state index contributed by atoms with van der Waals surface area (Å²) >= 11 is 0. The second-order valence-electron chi connectivity index (χ2n) is 16.3. The van der Waals surface area contributed by atoms with E-state index in [1.165, 1.54) is 11.0 Å². The number of aromatic nitrogens is 2. The lowest BCUT2D eigenvalue weighted by atomic mass is 9.85. The van der Waals surface area contributed by atoms with Gasteiger partial charge in [0.2, 0.25) is 27.7 Å². The molecule has 6 rings (SSSR count). The number of ether oxygens (including phenoxy) is 3. The van der Waals surface area contributed by atoms with Gasteiger partial charge < -0.3 is 29.7 Å². The molecule has 54 heavy (non-hydrogen) atoms. The second-order valence-corrected chi connectivity index (χ2v) is 18.3. The van der Waals surface area contributed by atoms with Crippen LogP contribution in [0.5, 0.6) is 11.6 Å². The van der Waals surface area contributed by atoms with Crippen molar-refractivity contribution in [3.05, 3.63) is 36.5 Å².